The average molecular weight is 526 g/mol. The van der Waals surface area contributed by atoms with E-state index in [4.69, 9.17) is 14.6 Å². The Morgan fingerprint density at radius 1 is 1.08 bits per heavy atom. The topological polar surface area (TPSA) is 99.2 Å². The van der Waals surface area contributed by atoms with Gasteiger partial charge in [0.1, 0.15) is 5.75 Å². The van der Waals surface area contributed by atoms with Crippen LogP contribution >= 0.6 is 0 Å². The summed E-state index contributed by atoms with van der Waals surface area (Å²) in [4.78, 5) is 38.7. The number of ether oxygens (including phenoxy) is 1. The summed E-state index contributed by atoms with van der Waals surface area (Å²) in [5, 5.41) is 10.5. The fraction of sp³-hybridized carbons (Fsp3) is 0.654. The molecule has 11 heteroatoms. The van der Waals surface area contributed by atoms with Crippen molar-refractivity contribution in [1.82, 2.24) is 15.1 Å². The first-order valence-electron chi connectivity index (χ1n) is 12.9. The van der Waals surface area contributed by atoms with Crippen LogP contribution in [0.4, 0.5) is 13.2 Å². The van der Waals surface area contributed by atoms with Crippen LogP contribution in [-0.2, 0) is 14.4 Å². The lowest BCUT2D eigenvalue weighted by Crippen LogP contribution is -2.56. The standard InChI is InChI=1S/C24H33N3O3.C2HF3O2/c28-22(17-30-19-8-2-1-3-9-19)27-12-10-24(11-13-27)21-16-26(14-18-6-4-5-7-18)15-20(21)23(29)25-24;3-2(4,5)1(6)7/h1-3,8-9,18,20-21H,4-7,10-17H2,(H,25,29);(H,6,7)/t20-,21+;/m1./s1. The minimum atomic E-state index is -5.08. The molecule has 5 rings (SSSR count). The van der Waals surface area contributed by atoms with E-state index in [-0.39, 0.29) is 29.9 Å². The zero-order valence-corrected chi connectivity index (χ0v) is 20.7. The number of hydrogen-bond donors (Lipinski definition) is 2. The first kappa shape index (κ1) is 27.2. The molecule has 204 valence electrons. The van der Waals surface area contributed by atoms with Crippen LogP contribution in [0.2, 0.25) is 0 Å². The maximum Gasteiger partial charge on any atom is 0.490 e. The Kier molecular flexibility index (Phi) is 8.30. The molecular formula is C26H34F3N3O5. The van der Waals surface area contributed by atoms with Gasteiger partial charge in [-0.2, -0.15) is 13.2 Å². The fourth-order valence-corrected chi connectivity index (χ4v) is 6.25. The van der Waals surface area contributed by atoms with E-state index in [1.54, 1.807) is 0 Å². The van der Waals surface area contributed by atoms with Crippen LogP contribution in [0.3, 0.4) is 0 Å². The van der Waals surface area contributed by atoms with Crippen molar-refractivity contribution in [2.75, 3.05) is 39.3 Å². The number of nitrogens with one attached hydrogen (secondary N) is 1. The number of likely N-dealkylation sites (tertiary alicyclic amines) is 2. The van der Waals surface area contributed by atoms with Gasteiger partial charge in [0.2, 0.25) is 5.91 Å². The molecule has 0 unspecified atom stereocenters. The second kappa shape index (κ2) is 11.3. The van der Waals surface area contributed by atoms with Crippen molar-refractivity contribution in [3.05, 3.63) is 30.3 Å². The molecule has 2 atom stereocenters. The van der Waals surface area contributed by atoms with Gasteiger partial charge in [0.25, 0.3) is 5.91 Å². The minimum Gasteiger partial charge on any atom is -0.484 e. The van der Waals surface area contributed by atoms with E-state index in [1.807, 2.05) is 35.2 Å². The lowest BCUT2D eigenvalue weighted by atomic mass is 9.75. The number of piperidine rings is 1. The second-order valence-corrected chi connectivity index (χ2v) is 10.5. The Hall–Kier alpha value is -2.82. The van der Waals surface area contributed by atoms with Gasteiger partial charge < -0.3 is 25.0 Å². The molecule has 3 aliphatic heterocycles. The molecule has 3 heterocycles. The summed E-state index contributed by atoms with van der Waals surface area (Å²) >= 11 is 0. The quantitative estimate of drug-likeness (QED) is 0.614. The third-order valence-electron chi connectivity index (χ3n) is 8.16. The zero-order valence-electron chi connectivity index (χ0n) is 20.7. The molecule has 37 heavy (non-hydrogen) atoms. The van der Waals surface area contributed by atoms with Gasteiger partial charge in [-0.15, -0.1) is 0 Å². The predicted octanol–water partition coefficient (Wildman–Crippen LogP) is 2.93. The van der Waals surface area contributed by atoms with Crippen molar-refractivity contribution >= 4 is 17.8 Å². The van der Waals surface area contributed by atoms with Crippen LogP contribution in [-0.4, -0.2) is 83.7 Å². The van der Waals surface area contributed by atoms with Gasteiger partial charge in [0, 0.05) is 44.2 Å². The molecule has 4 fully saturated rings. The summed E-state index contributed by atoms with van der Waals surface area (Å²) in [6.07, 6.45) is 2.07. The number of carboxylic acids is 1. The molecular weight excluding hydrogens is 491 g/mol. The van der Waals surface area contributed by atoms with Crippen molar-refractivity contribution in [2.24, 2.45) is 17.8 Å². The van der Waals surface area contributed by atoms with Gasteiger partial charge >= 0.3 is 12.1 Å². The molecule has 8 nitrogen and oxygen atoms in total. The summed E-state index contributed by atoms with van der Waals surface area (Å²) in [5.41, 5.74) is -0.122. The number of fused-ring (bicyclic) bond motifs is 2. The zero-order chi connectivity index (χ0) is 26.6. The Labute approximate surface area is 214 Å². The van der Waals surface area contributed by atoms with Gasteiger partial charge in [-0.3, -0.25) is 9.59 Å². The van der Waals surface area contributed by atoms with Gasteiger partial charge in [-0.25, -0.2) is 4.79 Å². The van der Waals surface area contributed by atoms with Crippen LogP contribution in [0, 0.1) is 17.8 Å². The van der Waals surface area contributed by atoms with E-state index in [0.717, 1.165) is 44.1 Å². The number of rotatable bonds is 5. The number of hydrogen-bond acceptors (Lipinski definition) is 5. The molecule has 0 bridgehead atoms. The number of para-hydroxylation sites is 1. The second-order valence-electron chi connectivity index (χ2n) is 10.5. The van der Waals surface area contributed by atoms with Crippen molar-refractivity contribution in [1.29, 1.82) is 0 Å². The maximum absolute atomic E-state index is 12.7. The number of carbonyl (C=O) groups is 3. The van der Waals surface area contributed by atoms with Crippen molar-refractivity contribution in [3.8, 4) is 5.75 Å². The van der Waals surface area contributed by atoms with E-state index in [1.165, 1.54) is 25.7 Å². The highest BCUT2D eigenvalue weighted by molar-refractivity contribution is 5.84. The number of aliphatic carboxylic acids is 1. The van der Waals surface area contributed by atoms with Gasteiger partial charge in [-0.05, 0) is 43.7 Å². The van der Waals surface area contributed by atoms with Crippen LogP contribution in [0.15, 0.2) is 30.3 Å². The highest BCUT2D eigenvalue weighted by Crippen LogP contribution is 2.44. The molecule has 1 saturated carbocycles. The van der Waals surface area contributed by atoms with E-state index < -0.39 is 12.1 Å². The molecule has 2 N–H and O–H groups in total. The number of nitrogens with zero attached hydrogens (tertiary/aromatic N) is 2. The first-order chi connectivity index (χ1) is 17.6. The highest BCUT2D eigenvalue weighted by atomic mass is 19.4. The molecule has 1 spiro atoms. The molecule has 0 radical (unpaired) electrons. The number of alkyl halides is 3. The van der Waals surface area contributed by atoms with Gasteiger partial charge in [0.05, 0.1) is 5.92 Å². The number of amides is 2. The molecule has 4 aliphatic rings. The smallest absolute Gasteiger partial charge is 0.484 e. The van der Waals surface area contributed by atoms with Gasteiger partial charge in [0.15, 0.2) is 6.61 Å². The Morgan fingerprint density at radius 2 is 1.70 bits per heavy atom. The number of carboxylic acid groups (broad SMARTS) is 1. The Morgan fingerprint density at radius 3 is 2.30 bits per heavy atom. The molecule has 1 aliphatic carbocycles. The Balaban J connectivity index is 0.000000405. The lowest BCUT2D eigenvalue weighted by Gasteiger charge is -2.42. The summed E-state index contributed by atoms with van der Waals surface area (Å²) in [6.45, 7) is 4.59. The molecule has 3 saturated heterocycles. The van der Waals surface area contributed by atoms with Crippen LogP contribution in [0.25, 0.3) is 0 Å². The number of carbonyl (C=O) groups excluding carboxylic acids is 2. The van der Waals surface area contributed by atoms with Crippen molar-refractivity contribution in [3.63, 3.8) is 0 Å². The fourth-order valence-electron chi connectivity index (χ4n) is 6.25. The predicted molar refractivity (Wildman–Crippen MR) is 128 cm³/mol. The Bertz CT molecular complexity index is 960. The summed E-state index contributed by atoms with van der Waals surface area (Å²) in [7, 11) is 0. The monoisotopic (exact) mass is 525 g/mol. The average Bonchev–Trinajstić information content (AvgIpc) is 3.58. The largest absolute Gasteiger partial charge is 0.490 e. The number of benzene rings is 1. The third kappa shape index (κ3) is 6.55. The normalized spacial score (nSPS) is 25.4. The van der Waals surface area contributed by atoms with E-state index in [9.17, 15) is 22.8 Å². The third-order valence-corrected chi connectivity index (χ3v) is 8.16. The van der Waals surface area contributed by atoms with Crippen molar-refractivity contribution < 1.29 is 37.4 Å². The summed E-state index contributed by atoms with van der Waals surface area (Å²) in [5.74, 6) is -0.415. The van der Waals surface area contributed by atoms with Crippen LogP contribution in [0.5, 0.6) is 5.75 Å². The van der Waals surface area contributed by atoms with Crippen molar-refractivity contribution in [2.45, 2.75) is 50.2 Å². The summed E-state index contributed by atoms with van der Waals surface area (Å²) in [6, 6.07) is 9.47. The van der Waals surface area contributed by atoms with Crippen LogP contribution < -0.4 is 10.1 Å². The van der Waals surface area contributed by atoms with Crippen LogP contribution in [0.1, 0.15) is 38.5 Å². The molecule has 0 aromatic heterocycles. The maximum atomic E-state index is 12.7. The SMILES string of the molecule is O=C(O)C(F)(F)F.O=C1NC2(CCN(C(=O)COc3ccccc3)CC2)[C@H]2CN(CC3CCCC3)C[C@@H]12. The van der Waals surface area contributed by atoms with E-state index in [0.29, 0.717) is 19.0 Å². The first-order valence-corrected chi connectivity index (χ1v) is 12.9. The van der Waals surface area contributed by atoms with E-state index in [2.05, 4.69) is 10.2 Å². The molecule has 1 aromatic rings. The van der Waals surface area contributed by atoms with E-state index >= 15 is 0 Å². The summed E-state index contributed by atoms with van der Waals surface area (Å²) < 4.78 is 37.4. The van der Waals surface area contributed by atoms with Gasteiger partial charge in [-0.1, -0.05) is 31.0 Å². The number of halogens is 3. The highest BCUT2D eigenvalue weighted by Gasteiger charge is 2.57. The minimum absolute atomic E-state index is 0.0314. The lowest BCUT2D eigenvalue weighted by molar-refractivity contribution is -0.192. The molecule has 1 aromatic carbocycles. The molecule has 2 amide bonds.